The van der Waals surface area contributed by atoms with Gasteiger partial charge in [-0.05, 0) is 132 Å². The topological polar surface area (TPSA) is 249 Å². The highest BCUT2D eigenvalue weighted by Crippen LogP contribution is 2.50. The fourth-order valence-corrected chi connectivity index (χ4v) is 13.5. The summed E-state index contributed by atoms with van der Waals surface area (Å²) in [6.07, 6.45) is 11.8. The first kappa shape index (κ1) is 61.7. The number of carboxylic acids is 1. The van der Waals surface area contributed by atoms with E-state index in [0.29, 0.717) is 42.4 Å². The molecule has 6 aliphatic rings. The number of ether oxygens (including phenoxy) is 4. The van der Waals surface area contributed by atoms with Crippen molar-refractivity contribution in [3.05, 3.63) is 92.1 Å². The van der Waals surface area contributed by atoms with E-state index in [1.165, 1.54) is 44.2 Å². The fourth-order valence-electron chi connectivity index (χ4n) is 11.4. The molecule has 446 valence electrons. The van der Waals surface area contributed by atoms with Gasteiger partial charge in [0.1, 0.15) is 28.7 Å². The summed E-state index contributed by atoms with van der Waals surface area (Å²) in [6, 6.07) is 1.27. The highest BCUT2D eigenvalue weighted by Gasteiger charge is 2.48. The molecule has 0 aromatic heterocycles. The Morgan fingerprint density at radius 1 is 0.654 bits per heavy atom. The van der Waals surface area contributed by atoms with Crippen LogP contribution in [0, 0.1) is 0 Å². The van der Waals surface area contributed by atoms with Crippen molar-refractivity contribution in [2.24, 2.45) is 0 Å². The predicted molar refractivity (Wildman–Crippen MR) is 303 cm³/mol. The number of fused-ring (bicyclic) bond motifs is 6. The van der Waals surface area contributed by atoms with Crippen molar-refractivity contribution < 1.29 is 73.9 Å². The van der Waals surface area contributed by atoms with Crippen molar-refractivity contribution in [2.45, 2.75) is 175 Å². The average Bonchev–Trinajstić information content (AvgIpc) is 2.94. The van der Waals surface area contributed by atoms with Crippen LogP contribution in [0.4, 0.5) is 0 Å². The van der Waals surface area contributed by atoms with Gasteiger partial charge in [-0.15, -0.1) is 0 Å². The van der Waals surface area contributed by atoms with E-state index in [2.05, 4.69) is 65.8 Å². The number of hydrogen-bond donors (Lipinski definition) is 3. The molecule has 2 saturated heterocycles. The monoisotopic (exact) mass is 1170 g/mol. The van der Waals surface area contributed by atoms with Gasteiger partial charge < -0.3 is 52.4 Å². The maximum atomic E-state index is 14.6. The predicted octanol–water partition coefficient (Wildman–Crippen LogP) is 7.50. The van der Waals surface area contributed by atoms with E-state index in [1.807, 2.05) is 0 Å². The van der Waals surface area contributed by atoms with Crippen LogP contribution in [0.3, 0.4) is 0 Å². The minimum absolute atomic E-state index is 0.00674. The molecule has 2 amide bonds. The number of hydrogen-bond acceptors (Lipinski definition) is 15. The van der Waals surface area contributed by atoms with Crippen LogP contribution in [-0.4, -0.2) is 157 Å². The summed E-state index contributed by atoms with van der Waals surface area (Å²) < 4.78 is 93.1. The van der Waals surface area contributed by atoms with Crippen molar-refractivity contribution in [3.8, 4) is 23.0 Å². The van der Waals surface area contributed by atoms with E-state index in [9.17, 15) is 46.5 Å². The van der Waals surface area contributed by atoms with Crippen LogP contribution < -0.4 is 17.8 Å². The van der Waals surface area contributed by atoms with E-state index < -0.39 is 67.8 Å². The number of amides is 2. The number of allylic oxidation sites excluding steroid dienone is 8. The van der Waals surface area contributed by atoms with E-state index in [0.717, 1.165) is 34.3 Å². The molecule has 0 spiro atoms. The molecule has 0 aliphatic carbocycles. The first-order valence-electron chi connectivity index (χ1n) is 28.4. The molecule has 6 heterocycles. The third kappa shape index (κ3) is 14.2. The molecule has 0 unspecified atom stereocenters. The zero-order valence-electron chi connectivity index (χ0n) is 48.2. The van der Waals surface area contributed by atoms with Crippen LogP contribution in [0.5, 0.6) is 23.0 Å². The summed E-state index contributed by atoms with van der Waals surface area (Å²) >= 11 is 0. The third-order valence-corrected chi connectivity index (χ3v) is 19.2. The van der Waals surface area contributed by atoms with Gasteiger partial charge in [-0.3, -0.25) is 9.59 Å². The Morgan fingerprint density at radius 3 is 1.52 bits per heavy atom. The zero-order chi connectivity index (χ0) is 58.6. The average molecular weight is 1170 g/mol. The lowest BCUT2D eigenvalue weighted by molar-refractivity contribution is -0.142. The molecule has 2 fully saturated rings. The highest BCUT2D eigenvalue weighted by atomic mass is 32.2. The molecular weight excluding hydrogens is 1080 g/mol. The molecule has 2 aromatic rings. The Morgan fingerprint density at radius 2 is 1.09 bits per heavy atom. The second-order valence-corrected chi connectivity index (χ2v) is 26.3. The van der Waals surface area contributed by atoms with Gasteiger partial charge in [0.2, 0.25) is 0 Å². The summed E-state index contributed by atoms with van der Waals surface area (Å²) in [4.78, 5) is 45.1. The van der Waals surface area contributed by atoms with Crippen molar-refractivity contribution >= 4 is 38.4 Å². The first-order chi connectivity index (χ1) is 38.3. The number of benzene rings is 2. The van der Waals surface area contributed by atoms with Gasteiger partial charge in [0.25, 0.3) is 11.8 Å². The maximum absolute atomic E-state index is 14.6. The summed E-state index contributed by atoms with van der Waals surface area (Å²) in [5, 5.41) is 34.3. The van der Waals surface area contributed by atoms with E-state index in [-0.39, 0.29) is 138 Å². The molecule has 0 radical (unpaired) electrons. The first-order valence-corrected chi connectivity index (χ1v) is 31.1. The van der Waals surface area contributed by atoms with E-state index in [1.54, 1.807) is 13.8 Å². The van der Waals surface area contributed by atoms with Crippen LogP contribution in [0.1, 0.15) is 163 Å². The largest absolute Gasteiger partial charge is 0.484 e. The molecule has 22 heteroatoms. The summed E-state index contributed by atoms with van der Waals surface area (Å²) in [5.41, 5.74) is 4.07. The van der Waals surface area contributed by atoms with Gasteiger partial charge in [0.05, 0.1) is 62.9 Å². The van der Waals surface area contributed by atoms with Gasteiger partial charge in [-0.25, -0.2) is 4.79 Å². The molecule has 20 nitrogen and oxygen atoms in total. The van der Waals surface area contributed by atoms with Gasteiger partial charge in [0, 0.05) is 67.8 Å². The van der Waals surface area contributed by atoms with Crippen LogP contribution in [0.25, 0.3) is 0 Å². The lowest BCUT2D eigenvalue weighted by Crippen LogP contribution is -2.49. The summed E-state index contributed by atoms with van der Waals surface area (Å²) in [5.74, 6) is -2.37. The summed E-state index contributed by atoms with van der Waals surface area (Å²) in [6.45, 7) is 16.7. The standard InChI is InChI=1S/C59H82N4O16S2/c1-38(2)14-9-16-40(5)18-11-21-58(7)51(64)34-44-49(78-80(70,71)61-24-28-74-29-25-61)32-42-46(53(44)76-58)36-60(55(42)66)23-13-20-48(57(68)69)63-37-47-43(56(63)67)33-50(79-81(72,73)62-26-30-75-31-27-62)45-35-52(65)59(8,77-54(45)47)22-12-19-41(6)17-10-15-39(3)4/h14-15,18-19,32-33,48,51-52,64-65H,9-13,16-17,20-31,34-37H2,1-8H3,(H,68,69)/b40-18+,41-19+/t48-,51-,52-,58+,59+/m0/s1. The molecule has 6 aliphatic heterocycles. The van der Waals surface area contributed by atoms with Crippen LogP contribution in [0.15, 0.2) is 58.7 Å². The quantitative estimate of drug-likeness (QED) is 0.0861. The van der Waals surface area contributed by atoms with Gasteiger partial charge >= 0.3 is 26.6 Å². The molecule has 3 N–H and O–H groups in total. The van der Waals surface area contributed by atoms with Gasteiger partial charge in [-0.1, -0.05) is 46.6 Å². The lowest BCUT2D eigenvalue weighted by Gasteiger charge is -2.41. The SMILES string of the molecule is CC(C)=CCC/C(C)=C/CC[C@@]1(C)Oc2c(c(OS(=O)(=O)N3CCOCC3)cc3c2CN(CCC[C@@H](C(=O)O)N2Cc4c(cc(OS(=O)(=O)N5CCOCC5)c5c4O[C@](C)(CC/C=C(\C)CCC=C(C)C)[C@@H](O)C5)C2=O)C3=O)C[C@@H]1O. The Hall–Kier alpha value is -5.33. The van der Waals surface area contributed by atoms with Crippen molar-refractivity contribution in [3.63, 3.8) is 0 Å². The minimum Gasteiger partial charge on any atom is -0.484 e. The zero-order valence-corrected chi connectivity index (χ0v) is 49.8. The number of aliphatic carboxylic acids is 1. The Kier molecular flexibility index (Phi) is 19.6. The second kappa shape index (κ2) is 25.7. The molecular formula is C59H82N4O16S2. The minimum atomic E-state index is -4.43. The van der Waals surface area contributed by atoms with E-state index >= 15 is 0 Å². The molecule has 5 atom stereocenters. The Bertz CT molecular complexity index is 3060. The lowest BCUT2D eigenvalue weighted by atomic mass is 9.84. The number of nitrogens with zero attached hydrogens (tertiary/aromatic N) is 4. The Labute approximate surface area is 477 Å². The molecule has 81 heavy (non-hydrogen) atoms. The second-order valence-electron chi connectivity index (χ2n) is 23.3. The van der Waals surface area contributed by atoms with Gasteiger partial charge in [0.15, 0.2) is 11.5 Å². The van der Waals surface area contributed by atoms with Crippen LogP contribution in [0.2, 0.25) is 0 Å². The van der Waals surface area contributed by atoms with Crippen LogP contribution >= 0.6 is 0 Å². The molecule has 0 saturated carbocycles. The highest BCUT2D eigenvalue weighted by molar-refractivity contribution is 7.85. The normalized spacial score (nSPS) is 23.9. The number of aliphatic hydroxyl groups is 2. The van der Waals surface area contributed by atoms with Crippen molar-refractivity contribution in [1.82, 2.24) is 18.4 Å². The summed E-state index contributed by atoms with van der Waals surface area (Å²) in [7, 11) is -8.80. The van der Waals surface area contributed by atoms with Crippen molar-refractivity contribution in [1.29, 1.82) is 0 Å². The maximum Gasteiger partial charge on any atom is 0.385 e. The number of aliphatic hydroxyl groups excluding tert-OH is 2. The van der Waals surface area contributed by atoms with Crippen LogP contribution in [-0.2, 0) is 60.8 Å². The molecule has 8 rings (SSSR count). The molecule has 0 bridgehead atoms. The van der Waals surface area contributed by atoms with E-state index in [4.69, 9.17) is 27.3 Å². The fraction of sp³-hybridized carbons (Fsp3) is 0.610. The number of rotatable bonds is 24. The number of carboxylic acid groups (broad SMARTS) is 1. The van der Waals surface area contributed by atoms with Gasteiger partial charge in [-0.2, -0.15) is 25.4 Å². The smallest absolute Gasteiger partial charge is 0.385 e. The third-order valence-electron chi connectivity index (χ3n) is 16.4. The molecule has 2 aromatic carbocycles. The number of carbonyl (C=O) groups is 3. The van der Waals surface area contributed by atoms with Crippen molar-refractivity contribution in [2.75, 3.05) is 59.2 Å². The number of carbonyl (C=O) groups excluding carboxylic acids is 2. The number of morpholine rings is 2. The Balaban J connectivity index is 1.03.